The lowest BCUT2D eigenvalue weighted by atomic mass is 10.2. The molecule has 0 aromatic carbocycles. The molecule has 0 bridgehead atoms. The number of nitrogens with one attached hydrogen (secondary N) is 1. The molecule has 2 heterocycles. The van der Waals surface area contributed by atoms with E-state index in [4.69, 9.17) is 5.11 Å². The number of pyridine rings is 1. The van der Waals surface area contributed by atoms with Crippen LogP contribution in [0.1, 0.15) is 21.7 Å². The van der Waals surface area contributed by atoms with Gasteiger partial charge in [0.15, 0.2) is 5.69 Å². The van der Waals surface area contributed by atoms with Gasteiger partial charge in [0.2, 0.25) is 5.91 Å². The highest BCUT2D eigenvalue weighted by molar-refractivity contribution is 5.84. The molecule has 0 fully saturated rings. The Morgan fingerprint density at radius 1 is 1.40 bits per heavy atom. The molecule has 20 heavy (non-hydrogen) atoms. The number of rotatable bonds is 5. The van der Waals surface area contributed by atoms with Crippen LogP contribution in [0.15, 0.2) is 24.5 Å². The van der Waals surface area contributed by atoms with Gasteiger partial charge in [-0.15, -0.1) is 5.10 Å². The molecule has 104 valence electrons. The normalized spacial score (nSPS) is 10.2. The molecule has 2 aromatic rings. The third kappa shape index (κ3) is 3.61. The first-order valence-electron chi connectivity index (χ1n) is 5.86. The summed E-state index contributed by atoms with van der Waals surface area (Å²) in [4.78, 5) is 26.4. The number of aromatic carboxylic acids is 1. The molecular formula is C12H13N5O3. The molecule has 1 amide bonds. The van der Waals surface area contributed by atoms with Crippen molar-refractivity contribution in [2.75, 3.05) is 0 Å². The van der Waals surface area contributed by atoms with Crippen LogP contribution in [0.5, 0.6) is 0 Å². The number of carbonyl (C=O) groups excluding carboxylic acids is 1. The van der Waals surface area contributed by atoms with Crippen molar-refractivity contribution in [3.05, 3.63) is 41.5 Å². The van der Waals surface area contributed by atoms with Crippen molar-refractivity contribution in [3.8, 4) is 0 Å². The van der Waals surface area contributed by atoms with E-state index in [9.17, 15) is 9.59 Å². The number of carboxylic acid groups (broad SMARTS) is 1. The Kier molecular flexibility index (Phi) is 4.04. The molecule has 8 heteroatoms. The van der Waals surface area contributed by atoms with Crippen molar-refractivity contribution < 1.29 is 14.7 Å². The highest BCUT2D eigenvalue weighted by atomic mass is 16.4. The van der Waals surface area contributed by atoms with E-state index in [-0.39, 0.29) is 18.1 Å². The Hall–Kier alpha value is -2.77. The Morgan fingerprint density at radius 2 is 2.20 bits per heavy atom. The SMILES string of the molecule is Cc1ccc(CNC(=O)Cn2cc(C(=O)O)nn2)cn1. The molecule has 0 saturated carbocycles. The van der Waals surface area contributed by atoms with Crippen molar-refractivity contribution in [2.24, 2.45) is 0 Å². The van der Waals surface area contributed by atoms with Gasteiger partial charge in [0.05, 0.1) is 6.20 Å². The first kappa shape index (κ1) is 13.7. The number of aryl methyl sites for hydroxylation is 1. The number of hydrogen-bond acceptors (Lipinski definition) is 5. The number of carboxylic acids is 1. The summed E-state index contributed by atoms with van der Waals surface area (Å²) < 4.78 is 1.17. The molecule has 0 radical (unpaired) electrons. The van der Waals surface area contributed by atoms with Crippen LogP contribution in [0.4, 0.5) is 0 Å². The Labute approximate surface area is 114 Å². The predicted octanol–water partition coefficient (Wildman–Crippen LogP) is -0.00388. The van der Waals surface area contributed by atoms with Gasteiger partial charge in [0.1, 0.15) is 6.54 Å². The topological polar surface area (TPSA) is 110 Å². The lowest BCUT2D eigenvalue weighted by Crippen LogP contribution is -2.27. The van der Waals surface area contributed by atoms with Gasteiger partial charge in [-0.1, -0.05) is 11.3 Å². The minimum Gasteiger partial charge on any atom is -0.476 e. The molecule has 0 aliphatic heterocycles. The van der Waals surface area contributed by atoms with E-state index >= 15 is 0 Å². The highest BCUT2D eigenvalue weighted by Crippen LogP contribution is 1.99. The van der Waals surface area contributed by atoms with Crippen LogP contribution < -0.4 is 5.32 Å². The minimum absolute atomic E-state index is 0.0838. The van der Waals surface area contributed by atoms with Crippen LogP contribution >= 0.6 is 0 Å². The number of hydrogen-bond donors (Lipinski definition) is 2. The first-order valence-corrected chi connectivity index (χ1v) is 5.86. The molecule has 8 nitrogen and oxygen atoms in total. The van der Waals surface area contributed by atoms with Crippen LogP contribution in [0.3, 0.4) is 0 Å². The van der Waals surface area contributed by atoms with E-state index in [0.29, 0.717) is 6.54 Å². The zero-order valence-electron chi connectivity index (χ0n) is 10.8. The van der Waals surface area contributed by atoms with E-state index in [1.165, 1.54) is 10.9 Å². The molecule has 0 spiro atoms. The lowest BCUT2D eigenvalue weighted by molar-refractivity contribution is -0.122. The largest absolute Gasteiger partial charge is 0.476 e. The standard InChI is InChI=1S/C12H13N5O3/c1-8-2-3-9(4-13-8)5-14-11(18)7-17-6-10(12(19)20)15-16-17/h2-4,6H,5,7H2,1H3,(H,14,18)(H,19,20). The molecule has 2 N–H and O–H groups in total. The Balaban J connectivity index is 1.85. The van der Waals surface area contributed by atoms with Crippen LogP contribution in [0, 0.1) is 6.92 Å². The zero-order chi connectivity index (χ0) is 14.5. The molecule has 2 rings (SSSR count). The maximum atomic E-state index is 11.7. The summed E-state index contributed by atoms with van der Waals surface area (Å²) in [6.45, 7) is 2.15. The van der Waals surface area contributed by atoms with Crippen LogP contribution in [0.2, 0.25) is 0 Å². The quantitative estimate of drug-likeness (QED) is 0.794. The van der Waals surface area contributed by atoms with Crippen molar-refractivity contribution in [1.82, 2.24) is 25.3 Å². The second-order valence-corrected chi connectivity index (χ2v) is 4.19. The van der Waals surface area contributed by atoms with Gasteiger partial charge in [0.25, 0.3) is 0 Å². The fraction of sp³-hybridized carbons (Fsp3) is 0.250. The van der Waals surface area contributed by atoms with Gasteiger partial charge in [-0.2, -0.15) is 0 Å². The summed E-state index contributed by atoms with van der Waals surface area (Å²) in [5.74, 6) is -1.46. The van der Waals surface area contributed by atoms with E-state index in [2.05, 4.69) is 20.6 Å². The smallest absolute Gasteiger partial charge is 0.358 e. The molecular weight excluding hydrogens is 262 g/mol. The van der Waals surface area contributed by atoms with Crippen molar-refractivity contribution in [3.63, 3.8) is 0 Å². The maximum absolute atomic E-state index is 11.7. The number of amides is 1. The lowest BCUT2D eigenvalue weighted by Gasteiger charge is -2.05. The van der Waals surface area contributed by atoms with Crippen molar-refractivity contribution >= 4 is 11.9 Å². The van der Waals surface area contributed by atoms with Crippen LogP contribution in [0.25, 0.3) is 0 Å². The van der Waals surface area contributed by atoms with Gasteiger partial charge in [-0.3, -0.25) is 9.78 Å². The van der Waals surface area contributed by atoms with E-state index in [0.717, 1.165) is 11.3 Å². The average molecular weight is 275 g/mol. The van der Waals surface area contributed by atoms with Crippen LogP contribution in [-0.4, -0.2) is 37.0 Å². The number of carbonyl (C=O) groups is 2. The van der Waals surface area contributed by atoms with Crippen molar-refractivity contribution in [2.45, 2.75) is 20.0 Å². The second kappa shape index (κ2) is 5.91. The van der Waals surface area contributed by atoms with Crippen LogP contribution in [-0.2, 0) is 17.9 Å². The van der Waals surface area contributed by atoms with E-state index in [1.54, 1.807) is 6.20 Å². The summed E-state index contributed by atoms with van der Waals surface area (Å²) in [5, 5.41) is 18.4. The number of aromatic nitrogens is 4. The van der Waals surface area contributed by atoms with Gasteiger partial charge in [-0.25, -0.2) is 9.48 Å². The third-order valence-corrected chi connectivity index (χ3v) is 2.53. The maximum Gasteiger partial charge on any atom is 0.358 e. The van der Waals surface area contributed by atoms with Gasteiger partial charge in [-0.05, 0) is 18.6 Å². The highest BCUT2D eigenvalue weighted by Gasteiger charge is 2.10. The minimum atomic E-state index is -1.18. The summed E-state index contributed by atoms with van der Waals surface area (Å²) in [7, 11) is 0. The molecule has 0 saturated heterocycles. The van der Waals surface area contributed by atoms with Gasteiger partial charge < -0.3 is 10.4 Å². The summed E-state index contributed by atoms with van der Waals surface area (Å²) in [5.41, 5.74) is 1.60. The fourth-order valence-corrected chi connectivity index (χ4v) is 1.48. The van der Waals surface area contributed by atoms with Gasteiger partial charge in [0, 0.05) is 18.4 Å². The summed E-state index contributed by atoms with van der Waals surface area (Å²) in [6, 6.07) is 3.73. The predicted molar refractivity (Wildman–Crippen MR) is 67.8 cm³/mol. The zero-order valence-corrected chi connectivity index (χ0v) is 10.8. The third-order valence-electron chi connectivity index (χ3n) is 2.53. The Bertz CT molecular complexity index is 620. The van der Waals surface area contributed by atoms with E-state index in [1.807, 2.05) is 19.1 Å². The summed E-state index contributed by atoms with van der Waals surface area (Å²) >= 11 is 0. The number of nitrogens with zero attached hydrogens (tertiary/aromatic N) is 4. The van der Waals surface area contributed by atoms with E-state index < -0.39 is 5.97 Å². The molecule has 0 atom stereocenters. The first-order chi connectivity index (χ1) is 9.54. The Morgan fingerprint density at radius 3 is 2.80 bits per heavy atom. The molecule has 0 aliphatic carbocycles. The summed E-state index contributed by atoms with van der Waals surface area (Å²) in [6.07, 6.45) is 2.89. The molecule has 2 aromatic heterocycles. The monoisotopic (exact) mass is 275 g/mol. The fourth-order valence-electron chi connectivity index (χ4n) is 1.48. The van der Waals surface area contributed by atoms with Gasteiger partial charge >= 0.3 is 5.97 Å². The molecule has 0 unspecified atom stereocenters. The van der Waals surface area contributed by atoms with Crippen molar-refractivity contribution in [1.29, 1.82) is 0 Å². The average Bonchev–Trinajstić information content (AvgIpc) is 2.87. The molecule has 0 aliphatic rings. The second-order valence-electron chi connectivity index (χ2n) is 4.19.